The number of methoxy groups -OCH3 is 2. The second-order valence-electron chi connectivity index (χ2n) is 20.2. The number of piperazine rings is 1. The molecule has 7 N–H and O–H groups in total. The van der Waals surface area contributed by atoms with E-state index in [1.54, 1.807) is 17.4 Å². The number of alkyl halides is 10. The summed E-state index contributed by atoms with van der Waals surface area (Å²) in [6, 6.07) is 3.61. The van der Waals surface area contributed by atoms with Crippen LogP contribution in [0.2, 0.25) is 0 Å². The number of aromatic nitrogens is 1. The van der Waals surface area contributed by atoms with Gasteiger partial charge in [0.2, 0.25) is 5.91 Å². The summed E-state index contributed by atoms with van der Waals surface area (Å²) in [5.41, 5.74) is 0.847. The zero-order chi connectivity index (χ0) is 60.4. The number of benzene rings is 2. The predicted molar refractivity (Wildman–Crippen MR) is 270 cm³/mol. The summed E-state index contributed by atoms with van der Waals surface area (Å²) in [5, 5.41) is 18.3. The first-order valence-corrected chi connectivity index (χ1v) is 24.7. The molecule has 2 fully saturated rings. The summed E-state index contributed by atoms with van der Waals surface area (Å²) in [5.74, 6) is 0.330. The molecule has 2 aliphatic rings. The lowest BCUT2D eigenvalue weighted by atomic mass is 9.82. The zero-order valence-corrected chi connectivity index (χ0v) is 44.4. The van der Waals surface area contributed by atoms with Crippen LogP contribution in [0, 0.1) is 34.3 Å². The number of hydrazine groups is 1. The number of aliphatic hydroxyl groups is 1. The number of fused-ring (bicyclic) bond motifs is 2. The molecule has 5 rings (SSSR count). The van der Waals surface area contributed by atoms with Gasteiger partial charge in [0.1, 0.15) is 29.5 Å². The number of nitrogens with two attached hydrogens (primary N) is 1. The first-order chi connectivity index (χ1) is 37.7. The largest absolute Gasteiger partial charge is 0.453 e. The first kappa shape index (κ1) is 64.5. The molecule has 3 unspecified atom stereocenters. The number of amides is 4. The van der Waals surface area contributed by atoms with Gasteiger partial charge in [-0.1, -0.05) is 24.0 Å². The maximum absolute atomic E-state index is 15.9. The van der Waals surface area contributed by atoms with Crippen molar-refractivity contribution < 1.29 is 86.4 Å². The molecule has 3 aromatic rings. The number of pyridine rings is 1. The van der Waals surface area contributed by atoms with Crippen LogP contribution < -0.4 is 32.0 Å². The summed E-state index contributed by atoms with van der Waals surface area (Å²) in [7, 11) is 1.57. The molecule has 0 radical (unpaired) electrons. The number of aliphatic hydroxyl groups excluding tert-OH is 1. The van der Waals surface area contributed by atoms with Crippen molar-refractivity contribution >= 4 is 41.7 Å². The summed E-state index contributed by atoms with van der Waals surface area (Å²) in [4.78, 5) is 63.9. The quantitative estimate of drug-likeness (QED) is 0.0213. The van der Waals surface area contributed by atoms with Crippen molar-refractivity contribution in [3.8, 4) is 11.8 Å². The molecule has 0 aliphatic carbocycles. The van der Waals surface area contributed by atoms with E-state index in [1.807, 2.05) is 20.5 Å². The Hall–Kier alpha value is -7.32. The minimum Gasteiger partial charge on any atom is -0.453 e. The number of nitrogens with zero attached hydrogens (tertiary/aromatic N) is 5. The number of aliphatic imine (C=N–C) groups is 1. The van der Waals surface area contributed by atoms with Crippen molar-refractivity contribution in [3.05, 3.63) is 100 Å². The third kappa shape index (κ3) is 16.9. The highest BCUT2D eigenvalue weighted by atomic mass is 19.4. The molecule has 29 heteroatoms. The number of alkyl carbamates (subject to hydrolysis) is 2. The molecule has 0 saturated carbocycles. The van der Waals surface area contributed by atoms with Crippen molar-refractivity contribution in [2.45, 2.75) is 115 Å². The van der Waals surface area contributed by atoms with Crippen molar-refractivity contribution in [1.29, 1.82) is 0 Å². The van der Waals surface area contributed by atoms with E-state index in [9.17, 15) is 68.2 Å². The first-order valence-electron chi connectivity index (χ1n) is 24.7. The lowest BCUT2D eigenvalue weighted by Gasteiger charge is -2.41. The van der Waals surface area contributed by atoms with Crippen LogP contribution in [0.3, 0.4) is 0 Å². The number of halogens is 12. The number of ether oxygens (including phenoxy) is 2. The van der Waals surface area contributed by atoms with Crippen LogP contribution in [0.25, 0.3) is 5.70 Å². The highest BCUT2D eigenvalue weighted by Crippen LogP contribution is 2.42. The van der Waals surface area contributed by atoms with E-state index in [0.717, 1.165) is 33.1 Å². The Morgan fingerprint density at radius 1 is 0.815 bits per heavy atom. The Kier molecular flexibility index (Phi) is 21.5. The number of carbonyl (C=O) groups is 4. The number of carbonyl (C=O) groups excluding carboxylic acids is 4. The molecule has 4 amide bonds. The van der Waals surface area contributed by atoms with Gasteiger partial charge in [-0.3, -0.25) is 19.9 Å². The number of nitrogens with one attached hydrogen (secondary N) is 4. The molecule has 0 spiro atoms. The molecule has 3 heterocycles. The third-order valence-corrected chi connectivity index (χ3v) is 13.9. The van der Waals surface area contributed by atoms with Gasteiger partial charge in [-0.05, 0) is 95.0 Å². The van der Waals surface area contributed by atoms with Gasteiger partial charge in [0.05, 0.1) is 43.7 Å². The van der Waals surface area contributed by atoms with E-state index in [-0.39, 0.29) is 24.2 Å². The maximum Gasteiger partial charge on any atom is 0.407 e. The van der Waals surface area contributed by atoms with Crippen LogP contribution in [-0.4, -0.2) is 152 Å². The Labute approximate surface area is 457 Å². The molecule has 2 aromatic carbocycles. The Morgan fingerprint density at radius 2 is 1.33 bits per heavy atom. The van der Waals surface area contributed by atoms with Crippen LogP contribution in [0.5, 0.6) is 0 Å². The predicted octanol–water partition coefficient (Wildman–Crippen LogP) is 6.82. The number of allylic oxidation sites excluding steroid dienone is 1. The van der Waals surface area contributed by atoms with E-state index in [0.29, 0.717) is 81.1 Å². The van der Waals surface area contributed by atoms with Crippen LogP contribution in [0.15, 0.2) is 65.8 Å². The minimum atomic E-state index is -5.25. The normalized spacial score (nSPS) is 17.8. The fraction of sp³-hybridized carbons (Fsp3) is 0.500. The fourth-order valence-electron chi connectivity index (χ4n) is 8.90. The van der Waals surface area contributed by atoms with Crippen LogP contribution in [-0.2, 0) is 32.0 Å². The van der Waals surface area contributed by atoms with Crippen LogP contribution >= 0.6 is 0 Å². The van der Waals surface area contributed by atoms with Gasteiger partial charge < -0.3 is 41.2 Å². The van der Waals surface area contributed by atoms with Gasteiger partial charge in [-0.15, -0.1) is 0 Å². The van der Waals surface area contributed by atoms with Gasteiger partial charge >= 0.3 is 31.1 Å². The third-order valence-electron chi connectivity index (χ3n) is 13.9. The lowest BCUT2D eigenvalue weighted by Crippen LogP contribution is -2.63. The molecule has 2 aliphatic heterocycles. The molecule has 2 bridgehead atoms. The monoisotopic (exact) mass is 1160 g/mol. The lowest BCUT2D eigenvalue weighted by molar-refractivity contribution is -0.221. The maximum atomic E-state index is 15.9. The van der Waals surface area contributed by atoms with E-state index >= 15 is 8.78 Å². The Morgan fingerprint density at radius 3 is 1.81 bits per heavy atom. The van der Waals surface area contributed by atoms with Gasteiger partial charge in [-0.25, -0.2) is 42.1 Å². The average Bonchev–Trinajstić information content (AvgIpc) is 3.69. The molecule has 1 aromatic heterocycles. The number of rotatable bonds is 21. The van der Waals surface area contributed by atoms with Gasteiger partial charge in [-0.2, -0.15) is 35.1 Å². The summed E-state index contributed by atoms with van der Waals surface area (Å²) in [6.07, 6.45) is -14.2. The van der Waals surface area contributed by atoms with E-state index in [2.05, 4.69) is 36.6 Å². The summed E-state index contributed by atoms with van der Waals surface area (Å²) < 4.78 is 179. The fourth-order valence-corrected chi connectivity index (χ4v) is 8.90. The standard InChI is InChI=1S/C52H60F12N10O7/c1-49(2,51(59,60)61)42(69-47(78)80-5)44(76)68-38(19-29-10-7-28(8-11-29)9-12-30-13-16-41(67-22-30)72-23-32-14-15-33(24-72)74(32)27-40(55)56)39(75)26-73(71-45(77)43(70-48(79)81-6)50(3,4)52(62,63)64)25-34-35(53)20-31(21-36(34)54)37(65)17-18-66-46(57)58/h7-8,10-11,13,16-18,20-22,32-33,38-40,42-43,46,75H,14-15,19,23-27,65H2,1-6H3,(H,68,76)(H,69,78)(H,70,79)(H,71,77)/t32?,33?,38-,39-,42?,43+/m0/s1. The van der Waals surface area contributed by atoms with Crippen molar-refractivity contribution in [2.75, 3.05) is 45.3 Å². The SMILES string of the molecule is COC(=O)NC(C(=O)N[C@@H](Cc1ccc(C#Cc2ccc(N3CC4CCC(C3)N4CC(F)F)nc2)cc1)[C@@H](O)CN(Cc1c(F)cc(C(N)=CC=NC(F)F)cc1F)NC(=O)[C@@H](NC(=O)OC)C(C)(C)C(F)(F)F)C(C)(C)C(F)(F)F. The summed E-state index contributed by atoms with van der Waals surface area (Å²) in [6.45, 7) is -2.56. The molecular formula is C52H60F12N10O7. The molecule has 444 valence electrons. The molecule has 2 saturated heterocycles. The Bertz CT molecular complexity index is 2770. The van der Waals surface area contributed by atoms with E-state index in [1.165, 1.54) is 30.5 Å². The molecule has 81 heavy (non-hydrogen) atoms. The number of hydrogen-bond acceptors (Lipinski definition) is 13. The van der Waals surface area contributed by atoms with E-state index in [4.69, 9.17) is 5.73 Å². The topological polar surface area (TPSA) is 216 Å². The number of anilines is 1. The van der Waals surface area contributed by atoms with Crippen LogP contribution in [0.4, 0.5) is 68.1 Å². The minimum absolute atomic E-state index is 0.0323. The van der Waals surface area contributed by atoms with Crippen molar-refractivity contribution in [1.82, 2.24) is 36.3 Å². The summed E-state index contributed by atoms with van der Waals surface area (Å²) >= 11 is 0. The number of hydrogen-bond donors (Lipinski definition) is 6. The second-order valence-corrected chi connectivity index (χ2v) is 20.2. The van der Waals surface area contributed by atoms with Gasteiger partial charge in [0.25, 0.3) is 12.3 Å². The molecule has 6 atom stereocenters. The smallest absolute Gasteiger partial charge is 0.407 e. The Balaban J connectivity index is 1.50. The zero-order valence-electron chi connectivity index (χ0n) is 44.4. The van der Waals surface area contributed by atoms with Crippen molar-refractivity contribution in [3.63, 3.8) is 0 Å². The second kappa shape index (κ2) is 27.0. The van der Waals surface area contributed by atoms with Crippen LogP contribution in [0.1, 0.15) is 68.4 Å². The highest BCUT2D eigenvalue weighted by molar-refractivity contribution is 5.87. The van der Waals surface area contributed by atoms with Crippen molar-refractivity contribution in [2.24, 2.45) is 21.6 Å². The molecule has 17 nitrogen and oxygen atoms in total. The molecular weight excluding hydrogens is 1100 g/mol. The average molecular weight is 1170 g/mol. The van der Waals surface area contributed by atoms with Gasteiger partial charge in [0, 0.05) is 78.6 Å². The van der Waals surface area contributed by atoms with E-state index < -0.39 is 132 Å². The van der Waals surface area contributed by atoms with Gasteiger partial charge in [0.15, 0.2) is 0 Å². The highest BCUT2D eigenvalue weighted by Gasteiger charge is 2.57.